The van der Waals surface area contributed by atoms with Gasteiger partial charge in [-0.3, -0.25) is 4.79 Å². The van der Waals surface area contributed by atoms with Crippen molar-refractivity contribution >= 4 is 5.91 Å². The monoisotopic (exact) mass is 618 g/mol. The van der Waals surface area contributed by atoms with E-state index in [0.29, 0.717) is 43.6 Å². The minimum Gasteiger partial charge on any atom is -0.493 e. The first-order valence-electron chi connectivity index (χ1n) is 17.1. The van der Waals surface area contributed by atoms with E-state index < -0.39 is 17.7 Å². The lowest BCUT2D eigenvalue weighted by Crippen LogP contribution is -2.50. The molecular weight excluding hydrogens is 556 g/mol. The third-order valence-corrected chi connectivity index (χ3v) is 10.4. The maximum atomic E-state index is 13.5. The number of methoxy groups -OCH3 is 2. The molecule has 2 fully saturated rings. The molecule has 4 unspecified atom stereocenters. The van der Waals surface area contributed by atoms with E-state index in [4.69, 9.17) is 19.9 Å². The average molecular weight is 619 g/mol. The second-order valence-electron chi connectivity index (χ2n) is 14.6. The van der Waals surface area contributed by atoms with Crippen LogP contribution in [0.4, 0.5) is 0 Å². The standard InChI is InChI=1S/C36H62N2O6/c1-23(2)28(16-26-11-12-33(43-7)34(18-26)44-15-9-14-42-6)19-31(37)32(39)20-30(24(3)4)35(40)38-25(5)29-17-27-10-8-13-36(41,21-27)22-29/h11-12,18,23-25,27-32,39,41H,8-10,13-17,19-22,37H2,1-7H3,(H,38,40)/t25?,27?,28-,29?,30-,31-,32-,36?/m0/s1. The third-order valence-electron chi connectivity index (χ3n) is 10.4. The molecule has 3 rings (SSSR count). The Labute approximate surface area is 266 Å². The highest BCUT2D eigenvalue weighted by atomic mass is 16.5. The Morgan fingerprint density at radius 3 is 2.45 bits per heavy atom. The fraction of sp³-hybridized carbons (Fsp3) is 0.806. The molecule has 0 aliphatic heterocycles. The van der Waals surface area contributed by atoms with Crippen LogP contribution in [0.3, 0.4) is 0 Å². The summed E-state index contributed by atoms with van der Waals surface area (Å²) in [7, 11) is 3.33. The maximum Gasteiger partial charge on any atom is 0.223 e. The van der Waals surface area contributed by atoms with Crippen LogP contribution in [0.5, 0.6) is 11.5 Å². The smallest absolute Gasteiger partial charge is 0.223 e. The van der Waals surface area contributed by atoms with Gasteiger partial charge in [-0.1, -0.05) is 46.6 Å². The summed E-state index contributed by atoms with van der Waals surface area (Å²) < 4.78 is 16.6. The molecule has 2 bridgehead atoms. The van der Waals surface area contributed by atoms with Crippen LogP contribution in [-0.4, -0.2) is 67.3 Å². The largest absolute Gasteiger partial charge is 0.493 e. The van der Waals surface area contributed by atoms with Crippen LogP contribution in [0.15, 0.2) is 18.2 Å². The molecule has 1 aromatic carbocycles. The highest BCUT2D eigenvalue weighted by molar-refractivity contribution is 5.79. The van der Waals surface area contributed by atoms with Crippen LogP contribution in [0.1, 0.15) is 98.0 Å². The summed E-state index contributed by atoms with van der Waals surface area (Å²) in [6, 6.07) is 5.60. The van der Waals surface area contributed by atoms with Gasteiger partial charge < -0.3 is 35.5 Å². The first kappa shape index (κ1) is 36.6. The zero-order valence-corrected chi connectivity index (χ0v) is 28.5. The molecule has 44 heavy (non-hydrogen) atoms. The van der Waals surface area contributed by atoms with Gasteiger partial charge in [-0.2, -0.15) is 0 Å². The molecule has 2 aliphatic rings. The van der Waals surface area contributed by atoms with Gasteiger partial charge in [-0.25, -0.2) is 0 Å². The Morgan fingerprint density at radius 2 is 1.82 bits per heavy atom. The molecule has 252 valence electrons. The van der Waals surface area contributed by atoms with Crippen molar-refractivity contribution in [3.8, 4) is 11.5 Å². The first-order valence-corrected chi connectivity index (χ1v) is 17.1. The minimum absolute atomic E-state index is 0.00865. The van der Waals surface area contributed by atoms with Crippen molar-refractivity contribution in [2.75, 3.05) is 27.4 Å². The van der Waals surface area contributed by atoms with Crippen LogP contribution in [0.25, 0.3) is 0 Å². The number of rotatable bonds is 18. The Morgan fingerprint density at radius 1 is 1.07 bits per heavy atom. The topological polar surface area (TPSA) is 123 Å². The Balaban J connectivity index is 1.58. The number of hydrogen-bond donors (Lipinski definition) is 4. The van der Waals surface area contributed by atoms with Crippen molar-refractivity contribution in [2.24, 2.45) is 41.2 Å². The molecule has 1 amide bonds. The van der Waals surface area contributed by atoms with E-state index in [2.05, 4.69) is 32.2 Å². The molecular formula is C36H62N2O6. The van der Waals surface area contributed by atoms with Gasteiger partial charge in [-0.05, 0) is 99.2 Å². The molecule has 2 aliphatic carbocycles. The van der Waals surface area contributed by atoms with Gasteiger partial charge in [0.05, 0.1) is 25.4 Å². The van der Waals surface area contributed by atoms with E-state index in [0.717, 1.165) is 56.3 Å². The molecule has 0 radical (unpaired) electrons. The van der Waals surface area contributed by atoms with Crippen molar-refractivity contribution in [1.29, 1.82) is 0 Å². The van der Waals surface area contributed by atoms with E-state index in [1.165, 1.54) is 6.42 Å². The molecule has 0 saturated heterocycles. The summed E-state index contributed by atoms with van der Waals surface area (Å²) in [6.07, 6.45) is 7.69. The van der Waals surface area contributed by atoms with Crippen LogP contribution in [-0.2, 0) is 16.0 Å². The number of nitrogens with one attached hydrogen (secondary N) is 1. The Bertz CT molecular complexity index is 1020. The molecule has 0 aromatic heterocycles. The van der Waals surface area contributed by atoms with Crippen LogP contribution >= 0.6 is 0 Å². The van der Waals surface area contributed by atoms with E-state index in [1.54, 1.807) is 14.2 Å². The average Bonchev–Trinajstić information content (AvgIpc) is 2.96. The number of nitrogens with two attached hydrogens (primary N) is 1. The van der Waals surface area contributed by atoms with Gasteiger partial charge in [0.25, 0.3) is 0 Å². The number of ether oxygens (including phenoxy) is 3. The molecule has 2 saturated carbocycles. The number of hydrogen-bond acceptors (Lipinski definition) is 7. The van der Waals surface area contributed by atoms with Gasteiger partial charge in [0.15, 0.2) is 11.5 Å². The summed E-state index contributed by atoms with van der Waals surface area (Å²) >= 11 is 0. The lowest BCUT2D eigenvalue weighted by atomic mass is 9.64. The van der Waals surface area contributed by atoms with Gasteiger partial charge in [0.1, 0.15) is 0 Å². The minimum atomic E-state index is -0.782. The summed E-state index contributed by atoms with van der Waals surface area (Å²) in [5.41, 5.74) is 7.22. The van der Waals surface area contributed by atoms with Crippen molar-refractivity contribution in [1.82, 2.24) is 5.32 Å². The third kappa shape index (κ3) is 10.6. The van der Waals surface area contributed by atoms with E-state index >= 15 is 0 Å². The Hall–Kier alpha value is -1.87. The predicted molar refractivity (Wildman–Crippen MR) is 176 cm³/mol. The van der Waals surface area contributed by atoms with Crippen molar-refractivity contribution in [3.63, 3.8) is 0 Å². The molecule has 8 heteroatoms. The highest BCUT2D eigenvalue weighted by Gasteiger charge is 2.43. The SMILES string of the molecule is COCCCOc1cc(C[C@@H](C[C@H](N)[C@@H](O)C[C@H](C(=O)NC(C)C2CC3CCCC(O)(C3)C2)C(C)C)C(C)C)ccc1OC. The fourth-order valence-electron chi connectivity index (χ4n) is 7.54. The van der Waals surface area contributed by atoms with Crippen LogP contribution in [0.2, 0.25) is 0 Å². The number of aliphatic hydroxyl groups excluding tert-OH is 1. The maximum absolute atomic E-state index is 13.5. The predicted octanol–water partition coefficient (Wildman–Crippen LogP) is 5.50. The summed E-state index contributed by atoms with van der Waals surface area (Å²) in [4.78, 5) is 13.5. The van der Waals surface area contributed by atoms with Crippen molar-refractivity contribution < 1.29 is 29.2 Å². The molecule has 1 aromatic rings. The van der Waals surface area contributed by atoms with Gasteiger partial charge in [-0.15, -0.1) is 0 Å². The number of amides is 1. The number of benzene rings is 1. The van der Waals surface area contributed by atoms with E-state index in [9.17, 15) is 15.0 Å². The number of carbonyl (C=O) groups excluding carboxylic acids is 1. The van der Waals surface area contributed by atoms with Crippen LogP contribution in [0, 0.1) is 35.5 Å². The van der Waals surface area contributed by atoms with Crippen molar-refractivity contribution in [2.45, 2.75) is 123 Å². The summed E-state index contributed by atoms with van der Waals surface area (Å²) in [5.74, 6) is 2.59. The van der Waals surface area contributed by atoms with Gasteiger partial charge >= 0.3 is 0 Å². The van der Waals surface area contributed by atoms with E-state index in [1.807, 2.05) is 26.0 Å². The van der Waals surface area contributed by atoms with E-state index in [-0.39, 0.29) is 35.6 Å². The Kier molecular flexibility index (Phi) is 14.3. The second kappa shape index (κ2) is 17.2. The fourth-order valence-corrected chi connectivity index (χ4v) is 7.54. The number of fused-ring (bicyclic) bond motifs is 2. The van der Waals surface area contributed by atoms with Gasteiger partial charge in [0, 0.05) is 38.1 Å². The molecule has 8 nitrogen and oxygen atoms in total. The number of aliphatic hydroxyl groups is 2. The first-order chi connectivity index (χ1) is 20.9. The summed E-state index contributed by atoms with van der Waals surface area (Å²) in [6.45, 7) is 11.7. The summed E-state index contributed by atoms with van der Waals surface area (Å²) in [5, 5.41) is 25.6. The highest BCUT2D eigenvalue weighted by Crippen LogP contribution is 2.46. The van der Waals surface area contributed by atoms with Crippen molar-refractivity contribution in [3.05, 3.63) is 23.8 Å². The quantitative estimate of drug-likeness (QED) is 0.160. The molecule has 8 atom stereocenters. The zero-order chi connectivity index (χ0) is 32.4. The lowest BCUT2D eigenvalue weighted by molar-refractivity contribution is -0.129. The lowest BCUT2D eigenvalue weighted by Gasteiger charge is -2.47. The number of carbonyl (C=O) groups is 1. The molecule has 5 N–H and O–H groups in total. The van der Waals surface area contributed by atoms with Crippen LogP contribution < -0.4 is 20.5 Å². The normalized spacial score (nSPS) is 25.3. The molecule has 0 heterocycles. The second-order valence-corrected chi connectivity index (χ2v) is 14.6. The molecule has 0 spiro atoms. The van der Waals surface area contributed by atoms with Gasteiger partial charge in [0.2, 0.25) is 5.91 Å². The zero-order valence-electron chi connectivity index (χ0n) is 28.5.